The van der Waals surface area contributed by atoms with Gasteiger partial charge in [-0.3, -0.25) is 0 Å². The molecule has 0 amide bonds. The Morgan fingerprint density at radius 3 is 2.16 bits per heavy atom. The molecule has 0 saturated carbocycles. The second-order valence-corrected chi connectivity index (χ2v) is 6.15. The normalized spacial score (nSPS) is 12.5. The van der Waals surface area contributed by atoms with Crippen LogP contribution in [0.25, 0.3) is 0 Å². The Morgan fingerprint density at radius 1 is 0.947 bits per heavy atom. The number of hydrogen-bond acceptors (Lipinski definition) is 1. The van der Waals surface area contributed by atoms with E-state index in [1.807, 2.05) is 0 Å². The molecular formula is C17H20BrN. The molecule has 0 spiro atoms. The SMILES string of the molecule is Cc1cc(C)c(C(N)Cc2ccc(Br)cc2)cc1C. The molecular weight excluding hydrogens is 298 g/mol. The molecule has 1 nitrogen and oxygen atoms in total. The number of benzene rings is 2. The third-order valence-electron chi connectivity index (χ3n) is 3.65. The average molecular weight is 318 g/mol. The van der Waals surface area contributed by atoms with E-state index >= 15 is 0 Å². The first-order valence-corrected chi connectivity index (χ1v) is 7.34. The van der Waals surface area contributed by atoms with E-state index in [1.54, 1.807) is 0 Å². The Morgan fingerprint density at radius 2 is 1.53 bits per heavy atom. The lowest BCUT2D eigenvalue weighted by molar-refractivity contribution is 0.715. The van der Waals surface area contributed by atoms with Crippen LogP contribution in [-0.2, 0) is 6.42 Å². The van der Waals surface area contributed by atoms with E-state index in [1.165, 1.54) is 27.8 Å². The molecule has 1 unspecified atom stereocenters. The summed E-state index contributed by atoms with van der Waals surface area (Å²) >= 11 is 3.45. The molecule has 0 aliphatic rings. The van der Waals surface area contributed by atoms with Crippen LogP contribution in [0.4, 0.5) is 0 Å². The fraction of sp³-hybridized carbons (Fsp3) is 0.294. The highest BCUT2D eigenvalue weighted by Crippen LogP contribution is 2.23. The van der Waals surface area contributed by atoms with Gasteiger partial charge in [-0.05, 0) is 67.1 Å². The third-order valence-corrected chi connectivity index (χ3v) is 4.18. The van der Waals surface area contributed by atoms with Gasteiger partial charge in [-0.2, -0.15) is 0 Å². The van der Waals surface area contributed by atoms with E-state index in [4.69, 9.17) is 5.73 Å². The number of nitrogens with two attached hydrogens (primary N) is 1. The summed E-state index contributed by atoms with van der Waals surface area (Å²) in [5, 5.41) is 0. The standard InChI is InChI=1S/C17H20BrN/c1-11-8-13(3)16(9-12(11)2)17(19)10-14-4-6-15(18)7-5-14/h4-9,17H,10,19H2,1-3H3. The first-order chi connectivity index (χ1) is 8.97. The predicted molar refractivity (Wildman–Crippen MR) is 85.4 cm³/mol. The summed E-state index contributed by atoms with van der Waals surface area (Å²) in [5.74, 6) is 0. The van der Waals surface area contributed by atoms with Crippen molar-refractivity contribution < 1.29 is 0 Å². The molecule has 2 aromatic rings. The zero-order valence-electron chi connectivity index (χ0n) is 11.7. The minimum absolute atomic E-state index is 0.0560. The van der Waals surface area contributed by atoms with Crippen LogP contribution in [0.15, 0.2) is 40.9 Å². The van der Waals surface area contributed by atoms with Crippen molar-refractivity contribution >= 4 is 15.9 Å². The fourth-order valence-electron chi connectivity index (χ4n) is 2.37. The number of hydrogen-bond donors (Lipinski definition) is 1. The van der Waals surface area contributed by atoms with Crippen molar-refractivity contribution in [1.82, 2.24) is 0 Å². The predicted octanol–water partition coefficient (Wildman–Crippen LogP) is 4.62. The van der Waals surface area contributed by atoms with Gasteiger partial charge in [-0.15, -0.1) is 0 Å². The maximum absolute atomic E-state index is 6.37. The monoisotopic (exact) mass is 317 g/mol. The summed E-state index contributed by atoms with van der Waals surface area (Å²) in [5.41, 5.74) is 12.8. The van der Waals surface area contributed by atoms with Crippen LogP contribution in [0.2, 0.25) is 0 Å². The summed E-state index contributed by atoms with van der Waals surface area (Å²) < 4.78 is 1.10. The van der Waals surface area contributed by atoms with Crippen LogP contribution < -0.4 is 5.73 Å². The zero-order valence-corrected chi connectivity index (χ0v) is 13.3. The molecule has 0 aliphatic carbocycles. The average Bonchev–Trinajstić information content (AvgIpc) is 2.36. The van der Waals surface area contributed by atoms with Gasteiger partial charge in [-0.25, -0.2) is 0 Å². The molecule has 100 valence electrons. The summed E-state index contributed by atoms with van der Waals surface area (Å²) in [6.45, 7) is 6.43. The summed E-state index contributed by atoms with van der Waals surface area (Å²) in [7, 11) is 0. The van der Waals surface area contributed by atoms with Gasteiger partial charge in [0.15, 0.2) is 0 Å². The smallest absolute Gasteiger partial charge is 0.0338 e. The number of aryl methyl sites for hydroxylation is 3. The van der Waals surface area contributed by atoms with Gasteiger partial charge < -0.3 is 5.73 Å². The van der Waals surface area contributed by atoms with Crippen LogP contribution in [0.1, 0.15) is 33.9 Å². The highest BCUT2D eigenvalue weighted by molar-refractivity contribution is 9.10. The molecule has 0 aliphatic heterocycles. The molecule has 19 heavy (non-hydrogen) atoms. The zero-order chi connectivity index (χ0) is 14.0. The van der Waals surface area contributed by atoms with E-state index in [9.17, 15) is 0 Å². The largest absolute Gasteiger partial charge is 0.324 e. The van der Waals surface area contributed by atoms with Crippen LogP contribution in [0.5, 0.6) is 0 Å². The van der Waals surface area contributed by atoms with Crippen LogP contribution in [-0.4, -0.2) is 0 Å². The van der Waals surface area contributed by atoms with Gasteiger partial charge in [0.1, 0.15) is 0 Å². The number of halogens is 1. The first kappa shape index (κ1) is 14.3. The Hall–Kier alpha value is -1.12. The van der Waals surface area contributed by atoms with Crippen molar-refractivity contribution in [2.24, 2.45) is 5.73 Å². The number of rotatable bonds is 3. The van der Waals surface area contributed by atoms with Gasteiger partial charge in [-0.1, -0.05) is 40.2 Å². The van der Waals surface area contributed by atoms with E-state index in [-0.39, 0.29) is 6.04 Å². The molecule has 0 fully saturated rings. The van der Waals surface area contributed by atoms with Gasteiger partial charge in [0.25, 0.3) is 0 Å². The first-order valence-electron chi connectivity index (χ1n) is 6.55. The third kappa shape index (κ3) is 3.46. The molecule has 0 bridgehead atoms. The summed E-state index contributed by atoms with van der Waals surface area (Å²) in [6.07, 6.45) is 0.872. The van der Waals surface area contributed by atoms with Crippen molar-refractivity contribution in [1.29, 1.82) is 0 Å². The maximum Gasteiger partial charge on any atom is 0.0338 e. The van der Waals surface area contributed by atoms with Crippen molar-refractivity contribution in [3.63, 3.8) is 0 Å². The maximum atomic E-state index is 6.37. The molecule has 0 heterocycles. The van der Waals surface area contributed by atoms with Crippen molar-refractivity contribution in [3.8, 4) is 0 Å². The second-order valence-electron chi connectivity index (χ2n) is 5.23. The van der Waals surface area contributed by atoms with Gasteiger partial charge >= 0.3 is 0 Å². The minimum atomic E-state index is 0.0560. The van der Waals surface area contributed by atoms with Crippen LogP contribution >= 0.6 is 15.9 Å². The Labute approximate surface area is 124 Å². The summed E-state index contributed by atoms with van der Waals surface area (Å²) in [4.78, 5) is 0. The van der Waals surface area contributed by atoms with Gasteiger partial charge in [0, 0.05) is 10.5 Å². The lowest BCUT2D eigenvalue weighted by Crippen LogP contribution is -2.15. The Kier molecular flexibility index (Phi) is 4.43. The topological polar surface area (TPSA) is 26.0 Å². The van der Waals surface area contributed by atoms with E-state index < -0.39 is 0 Å². The Bertz CT molecular complexity index is 573. The molecule has 2 N–H and O–H groups in total. The molecule has 1 atom stereocenters. The minimum Gasteiger partial charge on any atom is -0.324 e. The second kappa shape index (κ2) is 5.89. The van der Waals surface area contributed by atoms with Crippen LogP contribution in [0, 0.1) is 20.8 Å². The molecule has 0 saturated heterocycles. The molecule has 0 radical (unpaired) electrons. The molecule has 0 aromatic heterocycles. The van der Waals surface area contributed by atoms with Crippen LogP contribution in [0.3, 0.4) is 0 Å². The van der Waals surface area contributed by atoms with Crippen molar-refractivity contribution in [2.75, 3.05) is 0 Å². The van der Waals surface area contributed by atoms with Crippen molar-refractivity contribution in [3.05, 3.63) is 68.7 Å². The lowest BCUT2D eigenvalue weighted by atomic mass is 9.93. The lowest BCUT2D eigenvalue weighted by Gasteiger charge is -2.17. The van der Waals surface area contributed by atoms with Crippen molar-refractivity contribution in [2.45, 2.75) is 33.2 Å². The van der Waals surface area contributed by atoms with E-state index in [2.05, 4.69) is 73.1 Å². The Balaban J connectivity index is 2.22. The summed E-state index contributed by atoms with van der Waals surface area (Å²) in [6, 6.07) is 12.9. The quantitative estimate of drug-likeness (QED) is 0.878. The van der Waals surface area contributed by atoms with Gasteiger partial charge in [0.2, 0.25) is 0 Å². The fourth-order valence-corrected chi connectivity index (χ4v) is 2.63. The van der Waals surface area contributed by atoms with Gasteiger partial charge in [0.05, 0.1) is 0 Å². The van der Waals surface area contributed by atoms with E-state index in [0.29, 0.717) is 0 Å². The highest BCUT2D eigenvalue weighted by atomic mass is 79.9. The molecule has 2 rings (SSSR count). The van der Waals surface area contributed by atoms with E-state index in [0.717, 1.165) is 10.9 Å². The molecule has 2 aromatic carbocycles. The molecule has 2 heteroatoms. The highest BCUT2D eigenvalue weighted by Gasteiger charge is 2.11.